The summed E-state index contributed by atoms with van der Waals surface area (Å²) in [5.74, 6) is 0. The van der Waals surface area contributed by atoms with Gasteiger partial charge in [-0.2, -0.15) is 0 Å². The third kappa shape index (κ3) is 1.76. The van der Waals surface area contributed by atoms with Crippen LogP contribution in [0.15, 0.2) is 18.5 Å². The van der Waals surface area contributed by atoms with Crippen molar-refractivity contribution in [3.63, 3.8) is 0 Å². The molecule has 1 amide bonds. The van der Waals surface area contributed by atoms with Gasteiger partial charge in [0, 0.05) is 24.6 Å². The number of carboxylic acid groups (broad SMARTS) is 1. The molecule has 5 heteroatoms. The maximum Gasteiger partial charge on any atom is 0.404 e. The highest BCUT2D eigenvalue weighted by molar-refractivity contribution is 5.65. The first-order valence-electron chi connectivity index (χ1n) is 4.42. The van der Waals surface area contributed by atoms with Crippen molar-refractivity contribution >= 4 is 11.8 Å². The number of rotatable bonds is 1. The molecule has 3 N–H and O–H groups in total. The van der Waals surface area contributed by atoms with E-state index >= 15 is 0 Å². The minimum absolute atomic E-state index is 0.0656. The van der Waals surface area contributed by atoms with Crippen LogP contribution in [0.3, 0.4) is 0 Å². The predicted molar refractivity (Wildman–Crippen MR) is 51.4 cm³/mol. The van der Waals surface area contributed by atoms with Gasteiger partial charge in [0.2, 0.25) is 0 Å². The largest absolute Gasteiger partial charge is 0.465 e. The Kier molecular flexibility index (Phi) is 2.22. The van der Waals surface area contributed by atoms with E-state index < -0.39 is 6.09 Å². The Morgan fingerprint density at radius 3 is 3.36 bits per heavy atom. The van der Waals surface area contributed by atoms with Crippen molar-refractivity contribution in [1.29, 1.82) is 0 Å². The van der Waals surface area contributed by atoms with Gasteiger partial charge >= 0.3 is 6.09 Å². The summed E-state index contributed by atoms with van der Waals surface area (Å²) >= 11 is 0. The minimum atomic E-state index is -0.982. The van der Waals surface area contributed by atoms with E-state index in [1.807, 2.05) is 6.07 Å². The van der Waals surface area contributed by atoms with Gasteiger partial charge in [-0.3, -0.25) is 4.98 Å². The summed E-state index contributed by atoms with van der Waals surface area (Å²) in [5.41, 5.74) is 2.10. The standard InChI is InChI=1S/C9H11N3O2/c13-9(14)12-7-3-6-4-10-2-1-8(6)11-5-7/h1-2,4,7,11-12H,3,5H2,(H,13,14). The summed E-state index contributed by atoms with van der Waals surface area (Å²) in [5, 5.41) is 14.2. The highest BCUT2D eigenvalue weighted by Crippen LogP contribution is 2.19. The van der Waals surface area contributed by atoms with Gasteiger partial charge in [-0.05, 0) is 18.1 Å². The molecule has 0 fully saturated rings. The number of anilines is 1. The van der Waals surface area contributed by atoms with Crippen LogP contribution in [-0.2, 0) is 6.42 Å². The van der Waals surface area contributed by atoms with Crippen LogP contribution in [-0.4, -0.2) is 28.8 Å². The van der Waals surface area contributed by atoms with Gasteiger partial charge in [0.05, 0.1) is 6.04 Å². The summed E-state index contributed by atoms with van der Waals surface area (Å²) in [4.78, 5) is 14.4. The van der Waals surface area contributed by atoms with Crippen LogP contribution in [0.2, 0.25) is 0 Å². The van der Waals surface area contributed by atoms with E-state index in [9.17, 15) is 4.79 Å². The van der Waals surface area contributed by atoms with Crippen molar-refractivity contribution in [2.45, 2.75) is 12.5 Å². The van der Waals surface area contributed by atoms with E-state index in [-0.39, 0.29) is 6.04 Å². The van der Waals surface area contributed by atoms with E-state index in [0.717, 1.165) is 11.3 Å². The fourth-order valence-electron chi connectivity index (χ4n) is 1.61. The first-order chi connectivity index (χ1) is 6.75. The average molecular weight is 193 g/mol. The van der Waals surface area contributed by atoms with Gasteiger partial charge in [-0.1, -0.05) is 0 Å². The quantitative estimate of drug-likeness (QED) is 0.613. The minimum Gasteiger partial charge on any atom is -0.465 e. The second kappa shape index (κ2) is 3.53. The van der Waals surface area contributed by atoms with Crippen molar-refractivity contribution < 1.29 is 9.90 Å². The van der Waals surface area contributed by atoms with Crippen molar-refractivity contribution in [2.75, 3.05) is 11.9 Å². The number of aromatic nitrogens is 1. The van der Waals surface area contributed by atoms with Crippen LogP contribution in [0.1, 0.15) is 5.56 Å². The number of nitrogens with zero attached hydrogens (tertiary/aromatic N) is 1. The van der Waals surface area contributed by atoms with E-state index in [4.69, 9.17) is 5.11 Å². The lowest BCUT2D eigenvalue weighted by Gasteiger charge is -2.25. The predicted octanol–water partition coefficient (Wildman–Crippen LogP) is 0.686. The first-order valence-corrected chi connectivity index (χ1v) is 4.42. The number of nitrogens with one attached hydrogen (secondary N) is 2. The zero-order valence-electron chi connectivity index (χ0n) is 7.53. The zero-order chi connectivity index (χ0) is 9.97. The lowest BCUT2D eigenvalue weighted by molar-refractivity contribution is 0.190. The number of hydrogen-bond donors (Lipinski definition) is 3. The van der Waals surface area contributed by atoms with E-state index in [1.54, 1.807) is 12.4 Å². The lowest BCUT2D eigenvalue weighted by Crippen LogP contribution is -2.42. The molecule has 2 rings (SSSR count). The van der Waals surface area contributed by atoms with Crippen molar-refractivity contribution in [3.05, 3.63) is 24.0 Å². The van der Waals surface area contributed by atoms with Crippen LogP contribution >= 0.6 is 0 Å². The van der Waals surface area contributed by atoms with Gasteiger partial charge < -0.3 is 15.7 Å². The Bertz CT molecular complexity index is 354. The highest BCUT2D eigenvalue weighted by Gasteiger charge is 2.18. The summed E-state index contributed by atoms with van der Waals surface area (Å²) in [7, 11) is 0. The molecule has 1 unspecified atom stereocenters. The Morgan fingerprint density at radius 1 is 1.71 bits per heavy atom. The normalized spacial score (nSPS) is 19.3. The van der Waals surface area contributed by atoms with Crippen LogP contribution < -0.4 is 10.6 Å². The van der Waals surface area contributed by atoms with Gasteiger partial charge in [0.1, 0.15) is 0 Å². The summed E-state index contributed by atoms with van der Waals surface area (Å²) in [6, 6.07) is 1.83. The SMILES string of the molecule is O=C(O)NC1CNc2ccncc2C1. The molecule has 0 saturated heterocycles. The van der Waals surface area contributed by atoms with Crippen LogP contribution in [0.5, 0.6) is 0 Å². The first kappa shape index (κ1) is 8.80. The molecule has 0 saturated carbocycles. The Hall–Kier alpha value is -1.78. The Balaban J connectivity index is 2.09. The van der Waals surface area contributed by atoms with Gasteiger partial charge in [0.25, 0.3) is 0 Å². The highest BCUT2D eigenvalue weighted by atomic mass is 16.4. The zero-order valence-corrected chi connectivity index (χ0v) is 7.53. The van der Waals surface area contributed by atoms with Crippen molar-refractivity contribution in [1.82, 2.24) is 10.3 Å². The maximum absolute atomic E-state index is 10.4. The van der Waals surface area contributed by atoms with Crippen LogP contribution in [0.25, 0.3) is 0 Å². The summed E-state index contributed by atoms with van der Waals surface area (Å²) in [6.45, 7) is 0.628. The van der Waals surface area contributed by atoms with Crippen molar-refractivity contribution in [3.8, 4) is 0 Å². The number of amides is 1. The molecule has 0 aromatic carbocycles. The second-order valence-electron chi connectivity index (χ2n) is 3.26. The average Bonchev–Trinajstić information content (AvgIpc) is 2.17. The van der Waals surface area contributed by atoms with E-state index in [2.05, 4.69) is 15.6 Å². The molecule has 14 heavy (non-hydrogen) atoms. The number of fused-ring (bicyclic) bond motifs is 1. The Morgan fingerprint density at radius 2 is 2.57 bits per heavy atom. The molecular weight excluding hydrogens is 182 g/mol. The van der Waals surface area contributed by atoms with Crippen LogP contribution in [0, 0.1) is 0 Å². The molecule has 1 aliphatic rings. The molecule has 1 atom stereocenters. The molecule has 1 aliphatic heterocycles. The fourth-order valence-corrected chi connectivity index (χ4v) is 1.61. The van der Waals surface area contributed by atoms with Crippen LogP contribution in [0.4, 0.5) is 10.5 Å². The maximum atomic E-state index is 10.4. The molecule has 74 valence electrons. The second-order valence-corrected chi connectivity index (χ2v) is 3.26. The summed E-state index contributed by atoms with van der Waals surface area (Å²) in [6.07, 6.45) is 3.20. The number of carbonyl (C=O) groups is 1. The molecule has 5 nitrogen and oxygen atoms in total. The fraction of sp³-hybridized carbons (Fsp3) is 0.333. The molecule has 0 spiro atoms. The topological polar surface area (TPSA) is 74.2 Å². The molecule has 2 heterocycles. The third-order valence-corrected chi connectivity index (χ3v) is 2.24. The van der Waals surface area contributed by atoms with E-state index in [1.165, 1.54) is 0 Å². The van der Waals surface area contributed by atoms with Crippen molar-refractivity contribution in [2.24, 2.45) is 0 Å². The molecule has 1 aromatic heterocycles. The monoisotopic (exact) mass is 193 g/mol. The number of hydrogen-bond acceptors (Lipinski definition) is 3. The number of pyridine rings is 1. The van der Waals surface area contributed by atoms with E-state index in [0.29, 0.717) is 13.0 Å². The molecule has 1 aromatic rings. The van der Waals surface area contributed by atoms with Gasteiger partial charge in [-0.15, -0.1) is 0 Å². The molecule has 0 bridgehead atoms. The smallest absolute Gasteiger partial charge is 0.404 e. The molecular formula is C9H11N3O2. The summed E-state index contributed by atoms with van der Waals surface area (Å²) < 4.78 is 0. The molecule has 0 aliphatic carbocycles. The lowest BCUT2D eigenvalue weighted by atomic mass is 10.0. The molecule has 0 radical (unpaired) electrons. The van der Waals surface area contributed by atoms with Gasteiger partial charge in [-0.25, -0.2) is 4.79 Å². The van der Waals surface area contributed by atoms with Gasteiger partial charge in [0.15, 0.2) is 0 Å². The Labute approximate surface area is 81.2 Å². The third-order valence-electron chi connectivity index (χ3n) is 2.24.